The number of aryl methyl sites for hydroxylation is 1. The minimum absolute atomic E-state index is 0.318. The number of aliphatic hydroxyl groups excluding tert-OH is 3. The average Bonchev–Trinajstić information content (AvgIpc) is 2.90. The van der Waals surface area contributed by atoms with Crippen molar-refractivity contribution in [3.05, 3.63) is 23.2 Å². The number of aromatic nitrogens is 3. The number of aliphatic hydroxyl groups is 3. The zero-order valence-corrected chi connectivity index (χ0v) is 11.4. The molecule has 0 saturated carbocycles. The summed E-state index contributed by atoms with van der Waals surface area (Å²) in [6.45, 7) is 1.47. The average molecular weight is 300 g/mol. The van der Waals surface area contributed by atoms with Gasteiger partial charge < -0.3 is 24.6 Å². The van der Waals surface area contributed by atoms with E-state index in [2.05, 4.69) is 9.97 Å². The summed E-state index contributed by atoms with van der Waals surface area (Å²) < 4.78 is 7.09. The Morgan fingerprint density at radius 2 is 2.10 bits per heavy atom. The van der Waals surface area contributed by atoms with Crippen molar-refractivity contribution in [1.29, 1.82) is 0 Å². The molecule has 3 N–H and O–H groups in total. The number of hydrogen-bond acceptors (Lipinski definition) is 6. The molecule has 2 aromatic rings. The van der Waals surface area contributed by atoms with Crippen molar-refractivity contribution in [2.75, 3.05) is 6.61 Å². The molecular weight excluding hydrogens is 286 g/mol. The third-order valence-corrected chi connectivity index (χ3v) is 3.83. The molecule has 4 atom stereocenters. The lowest BCUT2D eigenvalue weighted by atomic mass is 10.1. The van der Waals surface area contributed by atoms with Crippen LogP contribution in [0.1, 0.15) is 11.8 Å². The van der Waals surface area contributed by atoms with Crippen molar-refractivity contribution in [3.63, 3.8) is 0 Å². The maximum absolute atomic E-state index is 10.1. The van der Waals surface area contributed by atoms with Gasteiger partial charge in [-0.2, -0.15) is 0 Å². The van der Waals surface area contributed by atoms with Crippen molar-refractivity contribution < 1.29 is 20.1 Å². The van der Waals surface area contributed by atoms with Gasteiger partial charge in [0.1, 0.15) is 35.4 Å². The van der Waals surface area contributed by atoms with E-state index >= 15 is 0 Å². The highest BCUT2D eigenvalue weighted by atomic mass is 35.5. The van der Waals surface area contributed by atoms with E-state index in [1.807, 2.05) is 6.92 Å². The summed E-state index contributed by atoms with van der Waals surface area (Å²) in [5.41, 5.74) is 1.35. The fourth-order valence-electron chi connectivity index (χ4n) is 2.53. The van der Waals surface area contributed by atoms with Crippen molar-refractivity contribution in [1.82, 2.24) is 14.5 Å². The summed E-state index contributed by atoms with van der Waals surface area (Å²) in [4.78, 5) is 8.07. The molecule has 1 saturated heterocycles. The molecule has 20 heavy (non-hydrogen) atoms. The number of fused-ring (bicyclic) bond motifs is 1. The number of ether oxygens (including phenoxy) is 1. The van der Waals surface area contributed by atoms with Gasteiger partial charge in [0.2, 0.25) is 0 Å². The number of nitrogens with zero attached hydrogens (tertiary/aromatic N) is 3. The molecule has 0 unspecified atom stereocenters. The highest BCUT2D eigenvalue weighted by Gasteiger charge is 2.43. The van der Waals surface area contributed by atoms with Gasteiger partial charge in [-0.1, -0.05) is 11.6 Å². The summed E-state index contributed by atoms with van der Waals surface area (Å²) in [7, 11) is 0. The zero-order valence-electron chi connectivity index (χ0n) is 10.6. The lowest BCUT2D eigenvalue weighted by Gasteiger charge is -2.17. The summed E-state index contributed by atoms with van der Waals surface area (Å²) in [6, 6.07) is 0. The second-order valence-corrected chi connectivity index (χ2v) is 5.17. The molecular formula is C12H14ClN3O4. The standard InChI is InChI=1S/C12H14ClN3O4/c1-5-2-16(11-7(5)10(13)14-4-15-11)12-9(19)8(18)6(3-17)20-12/h2,4,6,8-9,12,17-19H,3H2,1H3/t6-,8-,9-,12-/m1/s1. The molecule has 0 bridgehead atoms. The van der Waals surface area contributed by atoms with Gasteiger partial charge in [-0.15, -0.1) is 0 Å². The van der Waals surface area contributed by atoms with Crippen LogP contribution >= 0.6 is 11.6 Å². The van der Waals surface area contributed by atoms with Crippen LogP contribution in [0.5, 0.6) is 0 Å². The van der Waals surface area contributed by atoms with Crippen LogP contribution in [0.25, 0.3) is 11.0 Å². The zero-order chi connectivity index (χ0) is 14.4. The Labute approximate surface area is 119 Å². The first kappa shape index (κ1) is 13.7. The van der Waals surface area contributed by atoms with Gasteiger partial charge >= 0.3 is 0 Å². The van der Waals surface area contributed by atoms with Gasteiger partial charge in [0.15, 0.2) is 6.23 Å². The minimum Gasteiger partial charge on any atom is -0.394 e. The molecule has 0 radical (unpaired) electrons. The van der Waals surface area contributed by atoms with Gasteiger partial charge in [0.25, 0.3) is 0 Å². The quantitative estimate of drug-likeness (QED) is 0.675. The van der Waals surface area contributed by atoms with Crippen LogP contribution < -0.4 is 0 Å². The Bertz CT molecular complexity index is 647. The van der Waals surface area contributed by atoms with Crippen molar-refractivity contribution in [3.8, 4) is 0 Å². The largest absolute Gasteiger partial charge is 0.394 e. The molecule has 0 amide bonds. The SMILES string of the molecule is Cc1cn([C@@H]2O[C@H](CO)[C@@H](O)[C@H]2O)c2ncnc(Cl)c12. The van der Waals surface area contributed by atoms with Crippen LogP contribution in [0.4, 0.5) is 0 Å². The molecule has 0 aliphatic carbocycles. The van der Waals surface area contributed by atoms with Crippen LogP contribution in [0, 0.1) is 6.92 Å². The van der Waals surface area contributed by atoms with E-state index in [1.165, 1.54) is 6.33 Å². The summed E-state index contributed by atoms with van der Waals surface area (Å²) >= 11 is 6.05. The Morgan fingerprint density at radius 1 is 1.35 bits per heavy atom. The van der Waals surface area contributed by atoms with E-state index in [0.29, 0.717) is 16.2 Å². The van der Waals surface area contributed by atoms with Crippen LogP contribution in [0.2, 0.25) is 5.15 Å². The molecule has 2 aromatic heterocycles. The van der Waals surface area contributed by atoms with Gasteiger partial charge in [0, 0.05) is 6.20 Å². The molecule has 8 heteroatoms. The molecule has 1 aliphatic heterocycles. The molecule has 1 aliphatic rings. The molecule has 0 aromatic carbocycles. The monoisotopic (exact) mass is 299 g/mol. The molecule has 3 heterocycles. The molecule has 1 fully saturated rings. The lowest BCUT2D eigenvalue weighted by Crippen LogP contribution is -2.33. The first-order valence-electron chi connectivity index (χ1n) is 6.14. The third-order valence-electron chi connectivity index (χ3n) is 3.54. The summed E-state index contributed by atoms with van der Waals surface area (Å²) in [5.74, 6) is 0. The second-order valence-electron chi connectivity index (χ2n) is 4.81. The van der Waals surface area contributed by atoms with Crippen molar-refractivity contribution in [2.24, 2.45) is 0 Å². The fourth-order valence-corrected chi connectivity index (χ4v) is 2.81. The van der Waals surface area contributed by atoms with Gasteiger partial charge in [-0.3, -0.25) is 0 Å². The predicted molar refractivity (Wildman–Crippen MR) is 70.3 cm³/mol. The summed E-state index contributed by atoms with van der Waals surface area (Å²) in [5, 5.41) is 30.0. The van der Waals surface area contributed by atoms with E-state index in [4.69, 9.17) is 21.4 Å². The number of halogens is 1. The first-order chi connectivity index (χ1) is 9.54. The second kappa shape index (κ2) is 4.94. The fraction of sp³-hybridized carbons (Fsp3) is 0.500. The molecule has 0 spiro atoms. The van der Waals surface area contributed by atoms with Crippen LogP contribution in [-0.4, -0.2) is 54.8 Å². The first-order valence-corrected chi connectivity index (χ1v) is 6.52. The van der Waals surface area contributed by atoms with Gasteiger partial charge in [-0.05, 0) is 12.5 Å². The van der Waals surface area contributed by atoms with Crippen LogP contribution in [0.3, 0.4) is 0 Å². The maximum Gasteiger partial charge on any atom is 0.164 e. The molecule has 7 nitrogen and oxygen atoms in total. The lowest BCUT2D eigenvalue weighted by molar-refractivity contribution is -0.0509. The van der Waals surface area contributed by atoms with E-state index in [9.17, 15) is 10.2 Å². The molecule has 3 rings (SSSR count). The topological polar surface area (TPSA) is 101 Å². The third kappa shape index (κ3) is 1.90. The van der Waals surface area contributed by atoms with Gasteiger partial charge in [-0.25, -0.2) is 9.97 Å². The predicted octanol–water partition coefficient (Wildman–Crippen LogP) is 0.00462. The summed E-state index contributed by atoms with van der Waals surface area (Å²) in [6.07, 6.45) is -0.918. The molecule has 108 valence electrons. The Kier molecular flexibility index (Phi) is 3.39. The Hall–Kier alpha value is -1.25. The van der Waals surface area contributed by atoms with E-state index in [-0.39, 0.29) is 6.61 Å². The normalized spacial score (nSPS) is 30.2. The van der Waals surface area contributed by atoms with E-state index < -0.39 is 24.5 Å². The minimum atomic E-state index is -1.16. The Balaban J connectivity index is 2.10. The Morgan fingerprint density at radius 3 is 2.75 bits per heavy atom. The van der Waals surface area contributed by atoms with E-state index in [1.54, 1.807) is 10.8 Å². The number of hydrogen-bond donors (Lipinski definition) is 3. The smallest absolute Gasteiger partial charge is 0.164 e. The van der Waals surface area contributed by atoms with Crippen LogP contribution in [0.15, 0.2) is 12.5 Å². The highest BCUT2D eigenvalue weighted by molar-refractivity contribution is 6.34. The maximum atomic E-state index is 10.1. The van der Waals surface area contributed by atoms with Crippen molar-refractivity contribution >= 4 is 22.6 Å². The highest BCUT2D eigenvalue weighted by Crippen LogP contribution is 2.34. The van der Waals surface area contributed by atoms with Crippen molar-refractivity contribution in [2.45, 2.75) is 31.5 Å². The van der Waals surface area contributed by atoms with E-state index in [0.717, 1.165) is 5.56 Å². The van der Waals surface area contributed by atoms with Gasteiger partial charge in [0.05, 0.1) is 12.0 Å². The van der Waals surface area contributed by atoms with Crippen LogP contribution in [-0.2, 0) is 4.74 Å². The number of rotatable bonds is 2.